The van der Waals surface area contributed by atoms with E-state index in [0.717, 1.165) is 23.3 Å². The third-order valence-electron chi connectivity index (χ3n) is 3.70. The lowest BCUT2D eigenvalue weighted by Gasteiger charge is -2.04. The third kappa shape index (κ3) is 4.51. The van der Waals surface area contributed by atoms with Gasteiger partial charge in [-0.3, -0.25) is 14.5 Å². The number of carbonyl (C=O) groups excluding carboxylic acids is 1. The van der Waals surface area contributed by atoms with Gasteiger partial charge >= 0.3 is 0 Å². The number of aromatic hydroxyl groups is 1. The van der Waals surface area contributed by atoms with Gasteiger partial charge in [0.1, 0.15) is 6.67 Å². The van der Waals surface area contributed by atoms with E-state index in [1.54, 1.807) is 36.9 Å². The second-order valence-electron chi connectivity index (χ2n) is 5.59. The Balaban J connectivity index is 1.77. The zero-order chi connectivity index (χ0) is 19.9. The molecule has 2 aromatic heterocycles. The van der Waals surface area contributed by atoms with Crippen molar-refractivity contribution >= 4 is 17.7 Å². The molecule has 0 aliphatic carbocycles. The molecular weight excluding hydrogens is 365 g/mol. The molecule has 0 saturated carbocycles. The maximum Gasteiger partial charge on any atom is 0.248 e. The van der Waals surface area contributed by atoms with Crippen molar-refractivity contribution in [3.63, 3.8) is 0 Å². The van der Waals surface area contributed by atoms with Crippen molar-refractivity contribution in [2.24, 2.45) is 5.11 Å². The van der Waals surface area contributed by atoms with Crippen LogP contribution in [-0.4, -0.2) is 25.8 Å². The minimum Gasteiger partial charge on any atom is -0.505 e. The van der Waals surface area contributed by atoms with E-state index in [9.17, 15) is 14.3 Å². The quantitative estimate of drug-likeness (QED) is 0.222. The van der Waals surface area contributed by atoms with Crippen molar-refractivity contribution in [2.75, 3.05) is 5.32 Å². The molecule has 3 rings (SSSR count). The van der Waals surface area contributed by atoms with E-state index in [4.69, 9.17) is 5.53 Å². The lowest BCUT2D eigenvalue weighted by Crippen LogP contribution is -2.07. The number of nitrogens with zero attached hydrogens (tertiary/aromatic N) is 6. The van der Waals surface area contributed by atoms with Crippen LogP contribution in [0.4, 0.5) is 10.1 Å². The molecule has 0 atom stereocenters. The van der Waals surface area contributed by atoms with Gasteiger partial charge in [-0.05, 0) is 35.4 Å². The molecule has 140 valence electrons. The maximum absolute atomic E-state index is 13.3. The zero-order valence-corrected chi connectivity index (χ0v) is 14.4. The Morgan fingerprint density at radius 3 is 3.04 bits per heavy atom. The summed E-state index contributed by atoms with van der Waals surface area (Å²) in [5.74, 6) is -1.79. The first-order valence-corrected chi connectivity index (χ1v) is 8.02. The van der Waals surface area contributed by atoms with Crippen LogP contribution in [0.1, 0.15) is 5.56 Å². The van der Waals surface area contributed by atoms with Crippen molar-refractivity contribution in [2.45, 2.75) is 6.67 Å². The average Bonchev–Trinajstić information content (AvgIpc) is 3.16. The van der Waals surface area contributed by atoms with E-state index >= 15 is 0 Å². The summed E-state index contributed by atoms with van der Waals surface area (Å²) in [5, 5.41) is 19.2. The van der Waals surface area contributed by atoms with Gasteiger partial charge in [-0.15, -0.1) is 0 Å². The van der Waals surface area contributed by atoms with E-state index < -0.39 is 17.5 Å². The van der Waals surface area contributed by atoms with Crippen LogP contribution < -0.4 is 5.32 Å². The molecule has 9 nitrogen and oxygen atoms in total. The minimum atomic E-state index is -0.825. The fraction of sp³-hybridized carbons (Fsp3) is 0.0556. The van der Waals surface area contributed by atoms with Crippen LogP contribution in [0.5, 0.6) is 5.75 Å². The van der Waals surface area contributed by atoms with Crippen LogP contribution in [0.2, 0.25) is 0 Å². The first kappa shape index (κ1) is 18.6. The number of phenolic OH excluding ortho intramolecular Hbond substituents is 1. The number of halogens is 1. The van der Waals surface area contributed by atoms with Gasteiger partial charge in [0.05, 0.1) is 6.20 Å². The first-order valence-electron chi connectivity index (χ1n) is 8.02. The summed E-state index contributed by atoms with van der Waals surface area (Å²) in [5.41, 5.74) is 10.8. The zero-order valence-electron chi connectivity index (χ0n) is 14.4. The lowest BCUT2D eigenvalue weighted by molar-refractivity contribution is -0.111. The highest BCUT2D eigenvalue weighted by molar-refractivity contribution is 6.02. The van der Waals surface area contributed by atoms with Gasteiger partial charge in [-0.25, -0.2) is 4.39 Å². The number of benzene rings is 1. The Labute approximate surface area is 158 Å². The molecule has 0 bridgehead atoms. The van der Waals surface area contributed by atoms with Crippen molar-refractivity contribution in [3.8, 4) is 16.9 Å². The summed E-state index contributed by atoms with van der Waals surface area (Å²) < 4.78 is 14.8. The van der Waals surface area contributed by atoms with Crippen LogP contribution >= 0.6 is 0 Å². The lowest BCUT2D eigenvalue weighted by atomic mass is 10.0. The molecule has 3 aromatic rings. The molecule has 0 aliphatic heterocycles. The van der Waals surface area contributed by atoms with Gasteiger partial charge in [-0.1, -0.05) is 5.11 Å². The molecule has 1 amide bonds. The molecule has 2 N–H and O–H groups in total. The fourth-order valence-corrected chi connectivity index (χ4v) is 2.41. The average molecular weight is 379 g/mol. The van der Waals surface area contributed by atoms with E-state index in [-0.39, 0.29) is 12.4 Å². The number of azide groups is 1. The molecule has 0 spiro atoms. The van der Waals surface area contributed by atoms with Crippen LogP contribution in [0.25, 0.3) is 27.6 Å². The van der Waals surface area contributed by atoms with Crippen molar-refractivity contribution in [1.82, 2.24) is 14.8 Å². The van der Waals surface area contributed by atoms with Gasteiger partial charge in [0.2, 0.25) is 5.91 Å². The van der Waals surface area contributed by atoms with Crippen LogP contribution in [-0.2, 0) is 11.5 Å². The molecule has 0 unspecified atom stereocenters. The third-order valence-corrected chi connectivity index (χ3v) is 3.70. The first-order chi connectivity index (χ1) is 13.6. The minimum absolute atomic E-state index is 0.0678. The normalized spacial score (nSPS) is 10.6. The number of amides is 1. The topological polar surface area (TPSA) is 129 Å². The number of pyridine rings is 1. The number of carbonyl (C=O) groups is 1. The summed E-state index contributed by atoms with van der Waals surface area (Å²) in [6.45, 7) is 0.0678. The van der Waals surface area contributed by atoms with E-state index in [2.05, 4.69) is 25.4 Å². The highest BCUT2D eigenvalue weighted by Crippen LogP contribution is 2.24. The van der Waals surface area contributed by atoms with Crippen LogP contribution in [0.3, 0.4) is 0 Å². The number of rotatable bonds is 6. The van der Waals surface area contributed by atoms with Crippen LogP contribution in [0.15, 0.2) is 60.2 Å². The number of nitrogens with one attached hydrogen (secondary N) is 1. The molecule has 10 heteroatoms. The Morgan fingerprint density at radius 1 is 1.39 bits per heavy atom. The molecule has 0 radical (unpaired) electrons. The van der Waals surface area contributed by atoms with Gasteiger partial charge < -0.3 is 10.4 Å². The number of hydrogen-bond donors (Lipinski definition) is 2. The standard InChI is InChI=1S/C18H14FN7O2/c19-16-7-14(2-3-17(16)27)24-18(28)4-1-12-8-21-6-5-15(12)13-9-23-26(10-13)11-22-25-20/h1-10,27H,11H2,(H,24,28)/b4-1+. The summed E-state index contributed by atoms with van der Waals surface area (Å²) in [6, 6.07) is 5.33. The number of hydrogen-bond acceptors (Lipinski definition) is 5. The number of phenols is 1. The van der Waals surface area contributed by atoms with Crippen molar-refractivity contribution in [1.29, 1.82) is 0 Å². The SMILES string of the molecule is [N-]=[N+]=NCn1cc(-c2ccncc2/C=C/C(=O)Nc2ccc(O)c(F)c2)cn1. The monoisotopic (exact) mass is 379 g/mol. The molecule has 0 saturated heterocycles. The number of anilines is 1. The smallest absolute Gasteiger partial charge is 0.248 e. The Hall–Kier alpha value is -4.17. The van der Waals surface area contributed by atoms with Gasteiger partial charge in [0.25, 0.3) is 0 Å². The van der Waals surface area contributed by atoms with E-state index in [1.807, 2.05) is 0 Å². The van der Waals surface area contributed by atoms with E-state index in [1.165, 1.54) is 16.8 Å². The molecule has 2 heterocycles. The summed E-state index contributed by atoms with van der Waals surface area (Å²) in [6.07, 6.45) is 9.37. The fourth-order valence-electron chi connectivity index (χ4n) is 2.41. The van der Waals surface area contributed by atoms with Crippen molar-refractivity contribution < 1.29 is 14.3 Å². The largest absolute Gasteiger partial charge is 0.505 e. The highest BCUT2D eigenvalue weighted by Gasteiger charge is 2.07. The molecule has 28 heavy (non-hydrogen) atoms. The Kier molecular flexibility index (Phi) is 5.63. The second kappa shape index (κ2) is 8.47. The van der Waals surface area contributed by atoms with Gasteiger partial charge in [0, 0.05) is 52.5 Å². The highest BCUT2D eigenvalue weighted by atomic mass is 19.1. The number of aromatic nitrogens is 3. The maximum atomic E-state index is 13.3. The van der Waals surface area contributed by atoms with Crippen LogP contribution in [0, 0.1) is 5.82 Å². The van der Waals surface area contributed by atoms with Gasteiger partial charge in [-0.2, -0.15) is 5.10 Å². The van der Waals surface area contributed by atoms with Crippen molar-refractivity contribution in [3.05, 3.63) is 77.0 Å². The summed E-state index contributed by atoms with van der Waals surface area (Å²) in [7, 11) is 0. The molecule has 1 aromatic carbocycles. The summed E-state index contributed by atoms with van der Waals surface area (Å²) >= 11 is 0. The van der Waals surface area contributed by atoms with Gasteiger partial charge in [0.15, 0.2) is 11.6 Å². The second-order valence-corrected chi connectivity index (χ2v) is 5.59. The Bertz CT molecular complexity index is 1090. The molecule has 0 fully saturated rings. The Morgan fingerprint density at radius 2 is 2.25 bits per heavy atom. The molecular formula is C18H14FN7O2. The summed E-state index contributed by atoms with van der Waals surface area (Å²) in [4.78, 5) is 18.8. The predicted octanol–water partition coefficient (Wildman–Crippen LogP) is 3.71. The van der Waals surface area contributed by atoms with E-state index in [0.29, 0.717) is 5.56 Å². The molecule has 0 aliphatic rings. The predicted molar refractivity (Wildman–Crippen MR) is 100 cm³/mol.